The second-order valence-corrected chi connectivity index (χ2v) is 20.4. The van der Waals surface area contributed by atoms with Crippen molar-refractivity contribution >= 4 is 49.2 Å². The SMILES string of the molecule is CC1C=CC=C(c2cc(-c3ccccc3)c3ccc4c(-c5ccc(-c6ccc(-c7c(C#N)c(-c8ccccc8)nc8c7ccc7c(-c9ccccc9)cc(-c9ccccc9)nc78)nc6)cn5)c(C#N)c(-c5ccccc5)nc4c3n2)C1. The number of hydrogen-bond acceptors (Lipinski definition) is 8. The summed E-state index contributed by atoms with van der Waals surface area (Å²) >= 11 is 0. The lowest BCUT2D eigenvalue weighted by molar-refractivity contribution is 0.747. The van der Waals surface area contributed by atoms with Gasteiger partial charge in [-0.05, 0) is 64.4 Å². The van der Waals surface area contributed by atoms with Gasteiger partial charge in [0.2, 0.25) is 0 Å². The average molecular weight is 1040 g/mol. The van der Waals surface area contributed by atoms with E-state index in [1.54, 1.807) is 0 Å². The molecule has 1 aliphatic carbocycles. The first-order valence-electron chi connectivity index (χ1n) is 27.0. The van der Waals surface area contributed by atoms with E-state index < -0.39 is 0 Å². The molecule has 0 saturated heterocycles. The van der Waals surface area contributed by atoms with E-state index in [2.05, 4.69) is 122 Å². The maximum atomic E-state index is 11.2. The third-order valence-corrected chi connectivity index (χ3v) is 15.4. The van der Waals surface area contributed by atoms with E-state index in [4.69, 9.17) is 29.9 Å². The van der Waals surface area contributed by atoms with Gasteiger partial charge in [0.25, 0.3) is 0 Å². The molecule has 1 aliphatic rings. The minimum absolute atomic E-state index is 0.375. The van der Waals surface area contributed by atoms with Crippen molar-refractivity contribution in [1.82, 2.24) is 29.9 Å². The van der Waals surface area contributed by atoms with Crippen LogP contribution in [0, 0.1) is 28.6 Å². The Kier molecular flexibility index (Phi) is 12.2. The molecule has 0 amide bonds. The second-order valence-electron chi connectivity index (χ2n) is 20.4. The molecule has 0 spiro atoms. The summed E-state index contributed by atoms with van der Waals surface area (Å²) in [5.74, 6) is 0.375. The van der Waals surface area contributed by atoms with E-state index >= 15 is 0 Å². The summed E-state index contributed by atoms with van der Waals surface area (Å²) in [6.07, 6.45) is 11.0. The van der Waals surface area contributed by atoms with Crippen LogP contribution in [0.3, 0.4) is 0 Å². The summed E-state index contributed by atoms with van der Waals surface area (Å²) in [5.41, 5.74) is 18.8. The Bertz CT molecular complexity index is 4760. The van der Waals surface area contributed by atoms with Gasteiger partial charge in [-0.25, -0.2) is 19.9 Å². The van der Waals surface area contributed by atoms with Crippen LogP contribution in [0.25, 0.3) is 139 Å². The van der Waals surface area contributed by atoms with Gasteiger partial charge >= 0.3 is 0 Å². The first kappa shape index (κ1) is 48.3. The van der Waals surface area contributed by atoms with Gasteiger partial charge in [0, 0.05) is 72.9 Å². The van der Waals surface area contributed by atoms with Crippen molar-refractivity contribution in [2.24, 2.45) is 5.92 Å². The second kappa shape index (κ2) is 20.4. The van der Waals surface area contributed by atoms with Crippen LogP contribution in [0.15, 0.2) is 243 Å². The van der Waals surface area contributed by atoms with Gasteiger partial charge in [0.1, 0.15) is 12.1 Å². The van der Waals surface area contributed by atoms with Gasteiger partial charge in [0.15, 0.2) is 0 Å². The molecule has 1 atom stereocenters. The molecular weight excluding hydrogens is 989 g/mol. The average Bonchev–Trinajstić information content (AvgIpc) is 3.31. The van der Waals surface area contributed by atoms with Gasteiger partial charge in [0.05, 0.1) is 67.4 Å². The predicted octanol–water partition coefficient (Wildman–Crippen LogP) is 17.7. The molecule has 0 aliphatic heterocycles. The molecule has 0 fully saturated rings. The van der Waals surface area contributed by atoms with E-state index in [-0.39, 0.29) is 0 Å². The van der Waals surface area contributed by atoms with Crippen molar-refractivity contribution < 1.29 is 0 Å². The highest BCUT2D eigenvalue weighted by atomic mass is 14.8. The number of benzene rings is 7. The van der Waals surface area contributed by atoms with Crippen LogP contribution in [-0.2, 0) is 0 Å². The fraction of sp³-hybridized carbons (Fsp3) is 0.0411. The number of aromatic nitrogens is 6. The molecule has 81 heavy (non-hydrogen) atoms. The van der Waals surface area contributed by atoms with Crippen LogP contribution in [0.5, 0.6) is 0 Å². The maximum absolute atomic E-state index is 11.2. The Morgan fingerprint density at radius 2 is 0.778 bits per heavy atom. The molecule has 0 saturated carbocycles. The molecule has 6 aromatic heterocycles. The Hall–Kier alpha value is -11.1. The third-order valence-electron chi connectivity index (χ3n) is 15.4. The zero-order valence-corrected chi connectivity index (χ0v) is 44.0. The minimum Gasteiger partial charge on any atom is -0.256 e. The van der Waals surface area contributed by atoms with Gasteiger partial charge < -0.3 is 0 Å². The molecule has 0 radical (unpaired) electrons. The molecule has 0 N–H and O–H groups in total. The van der Waals surface area contributed by atoms with Gasteiger partial charge in [-0.2, -0.15) is 10.5 Å². The first-order valence-corrected chi connectivity index (χ1v) is 27.0. The number of allylic oxidation sites excluding steroid dienone is 4. The van der Waals surface area contributed by atoms with Crippen LogP contribution in [-0.4, -0.2) is 29.9 Å². The van der Waals surface area contributed by atoms with Crippen molar-refractivity contribution in [2.75, 3.05) is 0 Å². The van der Waals surface area contributed by atoms with Gasteiger partial charge in [-0.15, -0.1) is 0 Å². The Balaban J connectivity index is 0.916. The van der Waals surface area contributed by atoms with E-state index in [1.807, 2.05) is 140 Å². The zero-order chi connectivity index (χ0) is 54.4. The number of rotatable bonds is 9. The van der Waals surface area contributed by atoms with Crippen molar-refractivity contribution in [3.05, 3.63) is 260 Å². The Labute approximate surface area is 468 Å². The number of pyridine rings is 6. The number of fused-ring (bicyclic) bond motifs is 6. The summed E-state index contributed by atoms with van der Waals surface area (Å²) in [7, 11) is 0. The molecular formula is C73H46N8. The monoisotopic (exact) mass is 1030 g/mol. The van der Waals surface area contributed by atoms with Gasteiger partial charge in [-0.3, -0.25) is 9.97 Å². The first-order chi connectivity index (χ1) is 40.0. The van der Waals surface area contributed by atoms with E-state index in [1.165, 1.54) is 0 Å². The number of nitrogens with zero attached hydrogens (tertiary/aromatic N) is 8. The predicted molar refractivity (Wildman–Crippen MR) is 327 cm³/mol. The molecule has 13 aromatic rings. The lowest BCUT2D eigenvalue weighted by Crippen LogP contribution is -2.02. The standard InChI is InChI=1S/C73H46N8/c1-45-18-17-29-51(38-45)65-40-59(47-21-9-3-10-22-47)55-33-35-57-67(61(42-75)69(50-27-15-6-16-28-50)81-73(57)71(55)79-65)63-37-31-53(44-77-63)52-30-36-62(76-43-52)66-56-34-32-54-58(46-19-7-2-8-20-46)39-64(48-23-11-4-12-24-48)78-70(54)72(56)80-68(60(66)41-74)49-25-13-5-14-26-49/h2-37,39-40,43-45H,38H2,1H3. The molecule has 6 heterocycles. The molecule has 7 aromatic carbocycles. The van der Waals surface area contributed by atoms with E-state index in [0.717, 1.165) is 106 Å². The summed E-state index contributed by atoms with van der Waals surface area (Å²) in [6, 6.07) is 76.5. The lowest BCUT2D eigenvalue weighted by atomic mass is 9.90. The number of nitriles is 2. The molecule has 14 rings (SSSR count). The van der Waals surface area contributed by atoms with E-state index in [9.17, 15) is 10.5 Å². The normalized spacial score (nSPS) is 13.1. The topological polar surface area (TPSA) is 125 Å². The Morgan fingerprint density at radius 1 is 0.383 bits per heavy atom. The third kappa shape index (κ3) is 8.65. The minimum atomic E-state index is 0.375. The van der Waals surface area contributed by atoms with Crippen molar-refractivity contribution in [1.29, 1.82) is 10.5 Å². The fourth-order valence-electron chi connectivity index (χ4n) is 11.5. The van der Waals surface area contributed by atoms with Gasteiger partial charge in [-0.1, -0.05) is 213 Å². The van der Waals surface area contributed by atoms with Crippen LogP contribution in [0.2, 0.25) is 0 Å². The molecule has 378 valence electrons. The summed E-state index contributed by atoms with van der Waals surface area (Å²) in [4.78, 5) is 31.8. The molecule has 1 unspecified atom stereocenters. The maximum Gasteiger partial charge on any atom is 0.102 e. The zero-order valence-electron chi connectivity index (χ0n) is 44.0. The smallest absolute Gasteiger partial charge is 0.102 e. The van der Waals surface area contributed by atoms with Crippen molar-refractivity contribution in [2.45, 2.75) is 13.3 Å². The van der Waals surface area contributed by atoms with Crippen LogP contribution < -0.4 is 0 Å². The fourth-order valence-corrected chi connectivity index (χ4v) is 11.5. The van der Waals surface area contributed by atoms with E-state index in [0.29, 0.717) is 62.0 Å². The number of hydrogen-bond donors (Lipinski definition) is 0. The molecule has 8 heteroatoms. The molecule has 0 bridgehead atoms. The summed E-state index contributed by atoms with van der Waals surface area (Å²) < 4.78 is 0. The largest absolute Gasteiger partial charge is 0.256 e. The molecule has 8 nitrogen and oxygen atoms in total. The quantitative estimate of drug-likeness (QED) is 0.131. The van der Waals surface area contributed by atoms with Crippen molar-refractivity contribution in [3.63, 3.8) is 0 Å². The lowest BCUT2D eigenvalue weighted by Gasteiger charge is -2.19. The summed E-state index contributed by atoms with van der Waals surface area (Å²) in [5, 5.41) is 25.7. The highest BCUT2D eigenvalue weighted by molar-refractivity contribution is 6.16. The van der Waals surface area contributed by atoms with Crippen LogP contribution >= 0.6 is 0 Å². The van der Waals surface area contributed by atoms with Crippen LogP contribution in [0.1, 0.15) is 30.2 Å². The highest BCUT2D eigenvalue weighted by Crippen LogP contribution is 2.44. The highest BCUT2D eigenvalue weighted by Gasteiger charge is 2.25. The summed E-state index contributed by atoms with van der Waals surface area (Å²) in [6.45, 7) is 2.23. The van der Waals surface area contributed by atoms with Crippen LogP contribution in [0.4, 0.5) is 0 Å². The Morgan fingerprint density at radius 3 is 1.20 bits per heavy atom. The van der Waals surface area contributed by atoms with Crippen molar-refractivity contribution in [3.8, 4) is 102 Å².